The molecule has 6 nitrogen and oxygen atoms in total. The molecule has 0 aliphatic heterocycles. The Balaban J connectivity index is 2.98. The highest BCUT2D eigenvalue weighted by Gasteiger charge is 2.12. The average Bonchev–Trinajstić information content (AvgIpc) is 2.22. The van der Waals surface area contributed by atoms with E-state index >= 15 is 0 Å². The number of hydrogen-bond donors (Lipinski definition) is 3. The van der Waals surface area contributed by atoms with E-state index in [-0.39, 0.29) is 22.9 Å². The van der Waals surface area contributed by atoms with Crippen molar-refractivity contribution in [1.29, 1.82) is 0 Å². The molecule has 0 aromatic heterocycles. The predicted octanol–water partition coefficient (Wildman–Crippen LogP) is 1.20. The van der Waals surface area contributed by atoms with Crippen LogP contribution in [0.2, 0.25) is 0 Å². The van der Waals surface area contributed by atoms with Crippen LogP contribution < -0.4 is 10.1 Å². The number of ether oxygens (including phenoxy) is 1. The Kier molecular flexibility index (Phi) is 3.44. The first-order valence-corrected chi connectivity index (χ1v) is 4.54. The molecule has 16 heavy (non-hydrogen) atoms. The number of phenols is 2. The van der Waals surface area contributed by atoms with Crippen LogP contribution in [0.4, 0.5) is 10.5 Å². The van der Waals surface area contributed by atoms with E-state index in [9.17, 15) is 15.0 Å². The van der Waals surface area contributed by atoms with E-state index in [1.165, 1.54) is 24.1 Å². The summed E-state index contributed by atoms with van der Waals surface area (Å²) >= 11 is 0. The van der Waals surface area contributed by atoms with Gasteiger partial charge in [-0.2, -0.15) is 0 Å². The molecule has 0 heterocycles. The smallest absolute Gasteiger partial charge is 0.321 e. The van der Waals surface area contributed by atoms with Crippen molar-refractivity contribution in [3.63, 3.8) is 0 Å². The number of carbonyl (C=O) groups excluding carboxylic acids is 1. The van der Waals surface area contributed by atoms with E-state index in [0.717, 1.165) is 0 Å². The van der Waals surface area contributed by atoms with Gasteiger partial charge in [-0.1, -0.05) is 0 Å². The molecule has 3 N–H and O–H groups in total. The Morgan fingerprint density at radius 2 is 1.94 bits per heavy atom. The summed E-state index contributed by atoms with van der Waals surface area (Å²) in [7, 11) is 4.50. The molecule has 0 spiro atoms. The average molecular weight is 226 g/mol. The minimum Gasteiger partial charge on any atom is -0.506 e. The van der Waals surface area contributed by atoms with E-state index in [4.69, 9.17) is 4.74 Å². The van der Waals surface area contributed by atoms with Crippen molar-refractivity contribution in [2.24, 2.45) is 0 Å². The second kappa shape index (κ2) is 4.61. The van der Waals surface area contributed by atoms with Gasteiger partial charge in [-0.25, -0.2) is 4.79 Å². The summed E-state index contributed by atoms with van der Waals surface area (Å²) in [6.45, 7) is 0. The lowest BCUT2D eigenvalue weighted by atomic mass is 10.2. The Hall–Kier alpha value is -2.11. The van der Waals surface area contributed by atoms with Crippen LogP contribution >= 0.6 is 0 Å². The first kappa shape index (κ1) is 12.0. The maximum atomic E-state index is 11.3. The van der Waals surface area contributed by atoms with E-state index in [2.05, 4.69) is 5.32 Å². The molecule has 1 aromatic carbocycles. The second-order valence-corrected chi connectivity index (χ2v) is 3.37. The highest BCUT2D eigenvalue weighted by atomic mass is 16.5. The number of phenolic OH excluding ortho intramolecular Hbond substituents is 2. The van der Waals surface area contributed by atoms with Gasteiger partial charge >= 0.3 is 6.03 Å². The number of aromatic hydroxyl groups is 2. The lowest BCUT2D eigenvalue weighted by Crippen LogP contribution is -2.27. The SMILES string of the molecule is COc1cc(O)c(NC(=O)N(C)C)cc1O. The molecule has 0 saturated carbocycles. The zero-order valence-electron chi connectivity index (χ0n) is 9.31. The van der Waals surface area contributed by atoms with Crippen molar-refractivity contribution in [3.8, 4) is 17.2 Å². The van der Waals surface area contributed by atoms with E-state index in [1.54, 1.807) is 14.1 Å². The molecule has 0 atom stereocenters. The molecule has 0 radical (unpaired) electrons. The minimum absolute atomic E-state index is 0.122. The van der Waals surface area contributed by atoms with Gasteiger partial charge in [-0.15, -0.1) is 0 Å². The molecule has 88 valence electrons. The molecular formula is C10H14N2O4. The summed E-state index contributed by atoms with van der Waals surface area (Å²) in [5.74, 6) is -0.195. The van der Waals surface area contributed by atoms with Gasteiger partial charge in [0, 0.05) is 26.2 Å². The minimum atomic E-state index is -0.403. The van der Waals surface area contributed by atoms with Gasteiger partial charge in [0.05, 0.1) is 12.8 Å². The summed E-state index contributed by atoms with van der Waals surface area (Å²) in [5, 5.41) is 21.4. The molecule has 1 rings (SSSR count). The van der Waals surface area contributed by atoms with Crippen LogP contribution in [0.5, 0.6) is 17.2 Å². The number of methoxy groups -OCH3 is 1. The number of urea groups is 1. The van der Waals surface area contributed by atoms with Crippen molar-refractivity contribution in [1.82, 2.24) is 4.90 Å². The van der Waals surface area contributed by atoms with Crippen LogP contribution in [0.1, 0.15) is 0 Å². The van der Waals surface area contributed by atoms with Crippen molar-refractivity contribution in [2.45, 2.75) is 0 Å². The fourth-order valence-electron chi connectivity index (χ4n) is 1.05. The standard InChI is InChI=1S/C10H14N2O4/c1-12(2)10(15)11-6-4-8(14)9(16-3)5-7(6)13/h4-5,13-14H,1-3H3,(H,11,15). The molecule has 0 aliphatic rings. The first-order valence-electron chi connectivity index (χ1n) is 4.54. The molecule has 0 aliphatic carbocycles. The van der Waals surface area contributed by atoms with Gasteiger partial charge in [-0.05, 0) is 0 Å². The highest BCUT2D eigenvalue weighted by molar-refractivity contribution is 5.91. The first-order chi connectivity index (χ1) is 7.45. The van der Waals surface area contributed by atoms with Crippen LogP contribution in [0.3, 0.4) is 0 Å². The molecule has 1 aromatic rings. The highest BCUT2D eigenvalue weighted by Crippen LogP contribution is 2.36. The lowest BCUT2D eigenvalue weighted by molar-refractivity contribution is 0.230. The van der Waals surface area contributed by atoms with Gasteiger partial charge < -0.3 is 25.2 Å². The zero-order chi connectivity index (χ0) is 12.3. The molecule has 0 fully saturated rings. The summed E-state index contributed by atoms with van der Waals surface area (Å²) in [6, 6.07) is 2.04. The molecule has 0 unspecified atom stereocenters. The lowest BCUT2D eigenvalue weighted by Gasteiger charge is -2.14. The van der Waals surface area contributed by atoms with Crippen LogP contribution in [-0.2, 0) is 0 Å². The number of carbonyl (C=O) groups is 1. The Bertz CT molecular complexity index is 404. The number of hydrogen-bond acceptors (Lipinski definition) is 4. The molecule has 6 heteroatoms. The monoisotopic (exact) mass is 226 g/mol. The number of nitrogens with one attached hydrogen (secondary N) is 1. The van der Waals surface area contributed by atoms with Crippen LogP contribution in [0.25, 0.3) is 0 Å². The third-order valence-electron chi connectivity index (χ3n) is 1.94. The number of amides is 2. The Morgan fingerprint density at radius 1 is 1.31 bits per heavy atom. The zero-order valence-corrected chi connectivity index (χ0v) is 9.31. The van der Waals surface area contributed by atoms with E-state index < -0.39 is 6.03 Å². The summed E-state index contributed by atoms with van der Waals surface area (Å²) < 4.78 is 4.80. The summed E-state index contributed by atoms with van der Waals surface area (Å²) in [5.41, 5.74) is 0.122. The van der Waals surface area contributed by atoms with Crippen molar-refractivity contribution < 1.29 is 19.7 Å². The van der Waals surface area contributed by atoms with Crippen molar-refractivity contribution >= 4 is 11.7 Å². The second-order valence-electron chi connectivity index (χ2n) is 3.37. The Morgan fingerprint density at radius 3 is 2.44 bits per heavy atom. The largest absolute Gasteiger partial charge is 0.506 e. The van der Waals surface area contributed by atoms with Crippen LogP contribution in [0.15, 0.2) is 12.1 Å². The van der Waals surface area contributed by atoms with Gasteiger partial charge in [0.15, 0.2) is 11.5 Å². The molecule has 2 amide bonds. The van der Waals surface area contributed by atoms with Crippen molar-refractivity contribution in [3.05, 3.63) is 12.1 Å². The van der Waals surface area contributed by atoms with E-state index in [1.807, 2.05) is 0 Å². The predicted molar refractivity (Wildman–Crippen MR) is 59.0 cm³/mol. The summed E-state index contributed by atoms with van der Waals surface area (Å²) in [6.07, 6.45) is 0. The maximum Gasteiger partial charge on any atom is 0.321 e. The van der Waals surface area contributed by atoms with Crippen LogP contribution in [0, 0.1) is 0 Å². The Labute approximate surface area is 93.1 Å². The van der Waals surface area contributed by atoms with E-state index in [0.29, 0.717) is 0 Å². The number of nitrogens with zero attached hydrogens (tertiary/aromatic N) is 1. The molecule has 0 saturated heterocycles. The van der Waals surface area contributed by atoms with Crippen molar-refractivity contribution in [2.75, 3.05) is 26.5 Å². The quantitative estimate of drug-likeness (QED) is 0.522. The third-order valence-corrected chi connectivity index (χ3v) is 1.94. The maximum absolute atomic E-state index is 11.3. The normalized spacial score (nSPS) is 9.69. The van der Waals surface area contributed by atoms with Gasteiger partial charge in [0.25, 0.3) is 0 Å². The van der Waals surface area contributed by atoms with Gasteiger partial charge in [0.2, 0.25) is 0 Å². The van der Waals surface area contributed by atoms with Crippen LogP contribution in [-0.4, -0.2) is 42.3 Å². The number of anilines is 1. The fourth-order valence-corrected chi connectivity index (χ4v) is 1.05. The summed E-state index contributed by atoms with van der Waals surface area (Å²) in [4.78, 5) is 12.6. The molecular weight excluding hydrogens is 212 g/mol. The number of rotatable bonds is 2. The van der Waals surface area contributed by atoms with Gasteiger partial charge in [-0.3, -0.25) is 0 Å². The van der Waals surface area contributed by atoms with Gasteiger partial charge in [0.1, 0.15) is 5.75 Å². The number of benzene rings is 1. The third kappa shape index (κ3) is 2.47. The molecule has 0 bridgehead atoms. The fraction of sp³-hybridized carbons (Fsp3) is 0.300. The topological polar surface area (TPSA) is 82.0 Å².